The Morgan fingerprint density at radius 1 is 1.33 bits per heavy atom. The van der Waals surface area contributed by atoms with E-state index >= 15 is 0 Å². The van der Waals surface area contributed by atoms with Gasteiger partial charge in [0.15, 0.2) is 0 Å². The Kier molecular flexibility index (Phi) is 4.24. The average molecular weight is 268 g/mol. The van der Waals surface area contributed by atoms with E-state index in [4.69, 9.17) is 0 Å². The van der Waals surface area contributed by atoms with Gasteiger partial charge in [-0.1, -0.05) is 19.1 Å². The first kappa shape index (κ1) is 13.4. The molecule has 1 aromatic rings. The summed E-state index contributed by atoms with van der Waals surface area (Å²) in [5.41, 5.74) is 1.78. The molecule has 0 radical (unpaired) electrons. The van der Waals surface area contributed by atoms with Gasteiger partial charge in [0.1, 0.15) is 0 Å². The van der Waals surface area contributed by atoms with E-state index in [1.807, 2.05) is 25.1 Å². The lowest BCUT2D eigenvalue weighted by molar-refractivity contribution is 0.595. The second kappa shape index (κ2) is 5.71. The lowest BCUT2D eigenvalue weighted by Gasteiger charge is -2.09. The van der Waals surface area contributed by atoms with Gasteiger partial charge in [-0.2, -0.15) is 0 Å². The first-order valence-corrected chi connectivity index (χ1v) is 8.07. The summed E-state index contributed by atoms with van der Waals surface area (Å²) in [6, 6.07) is 8.08. The minimum atomic E-state index is -3.24. The van der Waals surface area contributed by atoms with Crippen LogP contribution in [0.3, 0.4) is 0 Å². The highest BCUT2D eigenvalue weighted by Crippen LogP contribution is 2.18. The van der Waals surface area contributed by atoms with Crippen molar-refractivity contribution < 1.29 is 8.42 Å². The van der Waals surface area contributed by atoms with Crippen LogP contribution in [0.5, 0.6) is 0 Å². The number of nitrogens with one attached hydrogen (secondary N) is 2. The van der Waals surface area contributed by atoms with Crippen molar-refractivity contribution in [1.29, 1.82) is 0 Å². The third kappa shape index (κ3) is 4.31. The molecule has 0 atom stereocenters. The van der Waals surface area contributed by atoms with Gasteiger partial charge in [0.05, 0.1) is 5.75 Å². The Labute approximate surface area is 109 Å². The largest absolute Gasteiger partial charge is 0.313 e. The van der Waals surface area contributed by atoms with Crippen LogP contribution in [0.4, 0.5) is 5.69 Å². The van der Waals surface area contributed by atoms with Crippen LogP contribution in [0.25, 0.3) is 0 Å². The van der Waals surface area contributed by atoms with Crippen LogP contribution in [0, 0.1) is 0 Å². The Morgan fingerprint density at radius 2 is 2.11 bits per heavy atom. The van der Waals surface area contributed by atoms with Crippen molar-refractivity contribution in [2.45, 2.75) is 32.2 Å². The van der Waals surface area contributed by atoms with Gasteiger partial charge in [-0.15, -0.1) is 0 Å². The molecule has 2 rings (SSSR count). The fourth-order valence-corrected chi connectivity index (χ4v) is 2.74. The van der Waals surface area contributed by atoms with Gasteiger partial charge < -0.3 is 5.32 Å². The fourth-order valence-electron chi connectivity index (χ4n) is 1.77. The van der Waals surface area contributed by atoms with E-state index in [0.717, 1.165) is 12.0 Å². The summed E-state index contributed by atoms with van der Waals surface area (Å²) < 4.78 is 26.3. The average Bonchev–Trinajstić information content (AvgIpc) is 3.12. The zero-order chi connectivity index (χ0) is 13.0. The molecule has 1 aliphatic rings. The van der Waals surface area contributed by atoms with E-state index in [-0.39, 0.29) is 5.75 Å². The highest BCUT2D eigenvalue weighted by atomic mass is 32.2. The molecule has 4 nitrogen and oxygen atoms in total. The Morgan fingerprint density at radius 3 is 2.78 bits per heavy atom. The van der Waals surface area contributed by atoms with Gasteiger partial charge in [-0.05, 0) is 37.0 Å². The van der Waals surface area contributed by atoms with Gasteiger partial charge in [0.2, 0.25) is 10.0 Å². The molecule has 0 amide bonds. The molecule has 5 heteroatoms. The second-order valence-electron chi connectivity index (χ2n) is 4.70. The van der Waals surface area contributed by atoms with Gasteiger partial charge in [-0.25, -0.2) is 8.42 Å². The van der Waals surface area contributed by atoms with Crippen LogP contribution >= 0.6 is 0 Å². The van der Waals surface area contributed by atoms with E-state index in [1.54, 1.807) is 6.07 Å². The molecular formula is C13H20N2O2S. The molecule has 0 aromatic heterocycles. The molecule has 1 aromatic carbocycles. The standard InChI is InChI=1S/C13H20N2O2S/c1-2-11-4-3-5-13(10-11)15-18(16,17)9-8-14-12-6-7-12/h3-5,10,12,14-15H,2,6-9H2,1H3. The summed E-state index contributed by atoms with van der Waals surface area (Å²) in [4.78, 5) is 0. The minimum absolute atomic E-state index is 0.125. The number of hydrogen-bond acceptors (Lipinski definition) is 3. The maximum absolute atomic E-state index is 11.9. The van der Waals surface area contributed by atoms with Crippen molar-refractivity contribution in [3.8, 4) is 0 Å². The zero-order valence-corrected chi connectivity index (χ0v) is 11.5. The fraction of sp³-hybridized carbons (Fsp3) is 0.538. The Balaban J connectivity index is 1.88. The smallest absolute Gasteiger partial charge is 0.233 e. The summed E-state index contributed by atoms with van der Waals surface area (Å²) in [5.74, 6) is 0.125. The SMILES string of the molecule is CCc1cccc(NS(=O)(=O)CCNC2CC2)c1. The van der Waals surface area contributed by atoms with Crippen molar-refractivity contribution in [2.24, 2.45) is 0 Å². The quantitative estimate of drug-likeness (QED) is 0.792. The predicted molar refractivity (Wildman–Crippen MR) is 74.3 cm³/mol. The normalized spacial score (nSPS) is 15.6. The molecule has 100 valence electrons. The molecule has 0 heterocycles. The molecule has 0 bridgehead atoms. The van der Waals surface area contributed by atoms with Crippen LogP contribution in [0.2, 0.25) is 0 Å². The summed E-state index contributed by atoms with van der Waals surface area (Å²) in [7, 11) is -3.24. The first-order valence-electron chi connectivity index (χ1n) is 6.42. The van der Waals surface area contributed by atoms with Crippen LogP contribution in [-0.4, -0.2) is 26.8 Å². The molecule has 1 fully saturated rings. The van der Waals surface area contributed by atoms with Crippen LogP contribution in [-0.2, 0) is 16.4 Å². The Bertz CT molecular complexity index is 495. The molecule has 1 saturated carbocycles. The van der Waals surface area contributed by atoms with E-state index < -0.39 is 10.0 Å². The summed E-state index contributed by atoms with van der Waals surface area (Å²) in [6.45, 7) is 2.57. The van der Waals surface area contributed by atoms with Gasteiger partial charge in [0.25, 0.3) is 0 Å². The van der Waals surface area contributed by atoms with Crippen LogP contribution in [0.15, 0.2) is 24.3 Å². The number of benzene rings is 1. The first-order chi connectivity index (χ1) is 8.59. The molecule has 0 unspecified atom stereocenters. The molecule has 0 aliphatic heterocycles. The Hall–Kier alpha value is -1.07. The van der Waals surface area contributed by atoms with Crippen LogP contribution in [0.1, 0.15) is 25.3 Å². The molecule has 0 saturated heterocycles. The highest BCUT2D eigenvalue weighted by molar-refractivity contribution is 7.92. The highest BCUT2D eigenvalue weighted by Gasteiger charge is 2.21. The van der Waals surface area contributed by atoms with Crippen LogP contribution < -0.4 is 10.0 Å². The van der Waals surface area contributed by atoms with E-state index in [0.29, 0.717) is 18.3 Å². The maximum Gasteiger partial charge on any atom is 0.233 e. The van der Waals surface area contributed by atoms with Gasteiger partial charge >= 0.3 is 0 Å². The van der Waals surface area contributed by atoms with Gasteiger partial charge in [0, 0.05) is 18.3 Å². The van der Waals surface area contributed by atoms with Crippen molar-refractivity contribution in [2.75, 3.05) is 17.0 Å². The number of rotatable bonds is 7. The predicted octanol–water partition coefficient (Wildman–Crippen LogP) is 1.74. The molecule has 2 N–H and O–H groups in total. The summed E-state index contributed by atoms with van der Waals surface area (Å²) >= 11 is 0. The monoisotopic (exact) mass is 268 g/mol. The summed E-state index contributed by atoms with van der Waals surface area (Å²) in [5, 5.41) is 3.20. The summed E-state index contributed by atoms with van der Waals surface area (Å²) in [6.07, 6.45) is 3.25. The third-order valence-electron chi connectivity index (χ3n) is 2.99. The number of aryl methyl sites for hydroxylation is 1. The number of anilines is 1. The van der Waals surface area contributed by atoms with Gasteiger partial charge in [-0.3, -0.25) is 4.72 Å². The van der Waals surface area contributed by atoms with E-state index in [9.17, 15) is 8.42 Å². The third-order valence-corrected chi connectivity index (χ3v) is 4.28. The molecule has 18 heavy (non-hydrogen) atoms. The van der Waals surface area contributed by atoms with Crippen molar-refractivity contribution in [3.05, 3.63) is 29.8 Å². The topological polar surface area (TPSA) is 58.2 Å². The van der Waals surface area contributed by atoms with E-state index in [2.05, 4.69) is 10.0 Å². The van der Waals surface area contributed by atoms with E-state index in [1.165, 1.54) is 12.8 Å². The number of hydrogen-bond donors (Lipinski definition) is 2. The molecule has 1 aliphatic carbocycles. The zero-order valence-electron chi connectivity index (χ0n) is 10.6. The number of sulfonamides is 1. The minimum Gasteiger partial charge on any atom is -0.313 e. The lowest BCUT2D eigenvalue weighted by atomic mass is 10.1. The second-order valence-corrected chi connectivity index (χ2v) is 6.55. The molecular weight excluding hydrogens is 248 g/mol. The van der Waals surface area contributed by atoms with Crippen molar-refractivity contribution in [3.63, 3.8) is 0 Å². The maximum atomic E-state index is 11.9. The molecule has 0 spiro atoms. The lowest BCUT2D eigenvalue weighted by Crippen LogP contribution is -2.28. The van der Waals surface area contributed by atoms with Crippen molar-refractivity contribution in [1.82, 2.24) is 5.32 Å². The van der Waals surface area contributed by atoms with Crippen molar-refractivity contribution >= 4 is 15.7 Å².